The molecule has 0 radical (unpaired) electrons. The molecular formula is C20H36N6O2. The fourth-order valence-corrected chi connectivity index (χ4v) is 5.20. The van der Waals surface area contributed by atoms with Crippen LogP contribution in [-0.2, 0) is 0 Å². The normalized spacial score (nSPS) is 28.3. The number of amides is 4. The van der Waals surface area contributed by atoms with Crippen LogP contribution >= 0.6 is 0 Å². The van der Waals surface area contributed by atoms with E-state index in [4.69, 9.17) is 5.73 Å². The smallest absolute Gasteiger partial charge is 0.345 e. The van der Waals surface area contributed by atoms with Crippen molar-refractivity contribution in [1.82, 2.24) is 20.0 Å². The van der Waals surface area contributed by atoms with Crippen molar-refractivity contribution in [3.63, 3.8) is 0 Å². The molecule has 0 saturated carbocycles. The summed E-state index contributed by atoms with van der Waals surface area (Å²) in [6, 6.07) is 0.825. The molecule has 3 fully saturated rings. The molecule has 28 heavy (non-hydrogen) atoms. The summed E-state index contributed by atoms with van der Waals surface area (Å²) in [5.41, 5.74) is 5.55. The van der Waals surface area contributed by atoms with Crippen LogP contribution in [0.4, 0.5) is 9.59 Å². The second-order valence-corrected chi connectivity index (χ2v) is 8.44. The number of likely N-dealkylation sites (tertiary alicyclic amines) is 3. The van der Waals surface area contributed by atoms with Gasteiger partial charge in [-0.2, -0.15) is 4.99 Å². The van der Waals surface area contributed by atoms with Crippen LogP contribution in [0.3, 0.4) is 0 Å². The topological polar surface area (TPSA) is 94.3 Å². The SMILES string of the molecule is CNC(=O)N1CCCC1C1CCN(C2CCCN(C(=O)/N=C(/C)N)CC2)CC1. The Bertz CT molecular complexity index is 583. The molecule has 2 unspecified atom stereocenters. The molecule has 0 aromatic carbocycles. The molecule has 8 nitrogen and oxygen atoms in total. The van der Waals surface area contributed by atoms with Crippen LogP contribution in [0.15, 0.2) is 4.99 Å². The minimum atomic E-state index is -0.199. The highest BCUT2D eigenvalue weighted by molar-refractivity contribution is 5.91. The number of amidine groups is 1. The van der Waals surface area contributed by atoms with Gasteiger partial charge in [0.2, 0.25) is 0 Å². The maximum atomic E-state index is 12.2. The Morgan fingerprint density at radius 2 is 1.68 bits per heavy atom. The second-order valence-electron chi connectivity index (χ2n) is 8.44. The van der Waals surface area contributed by atoms with Gasteiger partial charge in [-0.3, -0.25) is 0 Å². The molecule has 3 aliphatic rings. The summed E-state index contributed by atoms with van der Waals surface area (Å²) < 4.78 is 0. The largest absolute Gasteiger partial charge is 0.387 e. The van der Waals surface area contributed by atoms with Gasteiger partial charge in [-0.1, -0.05) is 0 Å². The summed E-state index contributed by atoms with van der Waals surface area (Å²) in [5, 5.41) is 2.80. The Morgan fingerprint density at radius 3 is 2.36 bits per heavy atom. The van der Waals surface area contributed by atoms with E-state index in [1.54, 1.807) is 14.0 Å². The van der Waals surface area contributed by atoms with Gasteiger partial charge in [-0.05, 0) is 70.9 Å². The van der Waals surface area contributed by atoms with Crippen molar-refractivity contribution in [2.75, 3.05) is 39.8 Å². The first-order valence-corrected chi connectivity index (χ1v) is 10.8. The first-order chi connectivity index (χ1) is 13.5. The molecule has 0 aromatic heterocycles. The van der Waals surface area contributed by atoms with Crippen LogP contribution in [0.2, 0.25) is 0 Å². The molecule has 0 aromatic rings. The van der Waals surface area contributed by atoms with Crippen LogP contribution in [-0.4, -0.2) is 84.5 Å². The fraction of sp³-hybridized carbons (Fsp3) is 0.850. The Labute approximate surface area is 168 Å². The number of hydrogen-bond donors (Lipinski definition) is 2. The number of nitrogens with two attached hydrogens (primary N) is 1. The maximum Gasteiger partial charge on any atom is 0.345 e. The molecule has 3 aliphatic heterocycles. The first-order valence-electron chi connectivity index (χ1n) is 10.8. The van der Waals surface area contributed by atoms with Gasteiger partial charge in [-0.25, -0.2) is 9.59 Å². The number of rotatable bonds is 2. The predicted molar refractivity (Wildman–Crippen MR) is 110 cm³/mol. The average Bonchev–Trinajstić information content (AvgIpc) is 3.04. The van der Waals surface area contributed by atoms with Crippen LogP contribution in [0, 0.1) is 5.92 Å². The number of piperidine rings is 1. The zero-order valence-corrected chi connectivity index (χ0v) is 17.4. The standard InChI is InChI=1S/C20H36N6O2/c1-15(21)23-20(28)25-10-3-5-17(9-14-25)24-12-7-16(8-13-24)18-6-4-11-26(18)19(27)22-2/h16-18H,3-14H2,1-2H3,(H,22,27)(H2,21,23,28). The minimum absolute atomic E-state index is 0.0776. The lowest BCUT2D eigenvalue weighted by Crippen LogP contribution is -2.49. The van der Waals surface area contributed by atoms with Gasteiger partial charge in [0.05, 0.1) is 0 Å². The van der Waals surface area contributed by atoms with Crippen molar-refractivity contribution < 1.29 is 9.59 Å². The van der Waals surface area contributed by atoms with Crippen LogP contribution in [0.5, 0.6) is 0 Å². The van der Waals surface area contributed by atoms with Crippen molar-refractivity contribution in [2.24, 2.45) is 16.6 Å². The van der Waals surface area contributed by atoms with Gasteiger partial charge in [-0.15, -0.1) is 0 Å². The first kappa shape index (κ1) is 20.9. The van der Waals surface area contributed by atoms with E-state index in [-0.39, 0.29) is 12.1 Å². The van der Waals surface area contributed by atoms with Crippen molar-refractivity contribution in [3.05, 3.63) is 0 Å². The van der Waals surface area contributed by atoms with Gasteiger partial charge in [0.1, 0.15) is 5.84 Å². The van der Waals surface area contributed by atoms with Crippen molar-refractivity contribution in [1.29, 1.82) is 0 Å². The summed E-state index contributed by atoms with van der Waals surface area (Å²) in [7, 11) is 1.72. The van der Waals surface area contributed by atoms with E-state index in [1.165, 1.54) is 0 Å². The Balaban J connectivity index is 1.49. The summed E-state index contributed by atoms with van der Waals surface area (Å²) in [5.74, 6) is 0.937. The van der Waals surface area contributed by atoms with Crippen LogP contribution in [0.25, 0.3) is 0 Å². The van der Waals surface area contributed by atoms with Crippen molar-refractivity contribution >= 4 is 17.9 Å². The zero-order valence-electron chi connectivity index (χ0n) is 17.4. The Morgan fingerprint density at radius 1 is 0.964 bits per heavy atom. The van der Waals surface area contributed by atoms with Gasteiger partial charge >= 0.3 is 12.1 Å². The summed E-state index contributed by atoms with van der Waals surface area (Å²) >= 11 is 0. The van der Waals surface area contributed by atoms with Crippen LogP contribution in [0.1, 0.15) is 51.9 Å². The molecule has 3 rings (SSSR count). The number of nitrogens with zero attached hydrogens (tertiary/aromatic N) is 4. The van der Waals surface area contributed by atoms with Gasteiger partial charge < -0.3 is 25.8 Å². The highest BCUT2D eigenvalue weighted by Crippen LogP contribution is 2.32. The summed E-state index contributed by atoms with van der Waals surface area (Å²) in [6.07, 6.45) is 7.73. The minimum Gasteiger partial charge on any atom is -0.387 e. The number of nitrogens with one attached hydrogen (secondary N) is 1. The molecule has 8 heteroatoms. The van der Waals surface area contributed by atoms with Gasteiger partial charge in [0.15, 0.2) is 0 Å². The summed E-state index contributed by atoms with van der Waals surface area (Å²) in [6.45, 7) is 6.27. The zero-order chi connectivity index (χ0) is 20.1. The molecule has 0 aliphatic carbocycles. The van der Waals surface area contributed by atoms with E-state index in [0.717, 1.165) is 77.7 Å². The van der Waals surface area contributed by atoms with Crippen molar-refractivity contribution in [3.8, 4) is 0 Å². The number of carbonyl (C=O) groups is 2. The van der Waals surface area contributed by atoms with E-state index in [2.05, 4.69) is 20.1 Å². The molecule has 0 spiro atoms. The lowest BCUT2D eigenvalue weighted by atomic mass is 9.87. The van der Waals surface area contributed by atoms with E-state index >= 15 is 0 Å². The number of carbonyl (C=O) groups excluding carboxylic acids is 2. The number of hydrogen-bond acceptors (Lipinski definition) is 3. The number of urea groups is 2. The quantitative estimate of drug-likeness (QED) is 0.554. The number of aliphatic imine (C=N–C) groups is 1. The lowest BCUT2D eigenvalue weighted by molar-refractivity contribution is 0.0889. The third-order valence-corrected chi connectivity index (χ3v) is 6.65. The molecular weight excluding hydrogens is 356 g/mol. The Kier molecular flexibility index (Phi) is 7.15. The molecule has 0 bridgehead atoms. The van der Waals surface area contributed by atoms with Gasteiger partial charge in [0, 0.05) is 38.8 Å². The molecule has 2 atom stereocenters. The molecule has 158 valence electrons. The highest BCUT2D eigenvalue weighted by atomic mass is 16.2. The highest BCUT2D eigenvalue weighted by Gasteiger charge is 2.37. The third kappa shape index (κ3) is 4.96. The monoisotopic (exact) mass is 392 g/mol. The van der Waals surface area contributed by atoms with E-state index < -0.39 is 0 Å². The molecule has 3 heterocycles. The van der Waals surface area contributed by atoms with Gasteiger partial charge in [0.25, 0.3) is 0 Å². The molecule has 3 N–H and O–H groups in total. The van der Waals surface area contributed by atoms with E-state index in [0.29, 0.717) is 23.8 Å². The third-order valence-electron chi connectivity index (χ3n) is 6.65. The Hall–Kier alpha value is -1.83. The summed E-state index contributed by atoms with van der Waals surface area (Å²) in [4.78, 5) is 34.7. The fourth-order valence-electron chi connectivity index (χ4n) is 5.20. The van der Waals surface area contributed by atoms with Crippen LogP contribution < -0.4 is 11.1 Å². The van der Waals surface area contributed by atoms with E-state index in [9.17, 15) is 9.59 Å². The second kappa shape index (κ2) is 9.58. The van der Waals surface area contributed by atoms with Crippen molar-refractivity contribution in [2.45, 2.75) is 64.0 Å². The maximum absolute atomic E-state index is 12.2. The lowest BCUT2D eigenvalue weighted by Gasteiger charge is -2.41. The van der Waals surface area contributed by atoms with E-state index in [1.807, 2.05) is 4.90 Å². The predicted octanol–water partition coefficient (Wildman–Crippen LogP) is 1.85. The molecule has 4 amide bonds. The average molecular weight is 393 g/mol. The molecule has 3 saturated heterocycles.